The van der Waals surface area contributed by atoms with Crippen LogP contribution in [0, 0.1) is 0 Å². The highest BCUT2D eigenvalue weighted by Gasteiger charge is 2.41. The van der Waals surface area contributed by atoms with Gasteiger partial charge in [-0.1, -0.05) is 12.1 Å². The lowest BCUT2D eigenvalue weighted by molar-refractivity contribution is -0.144. The minimum Gasteiger partial charge on any atom is -0.493 e. The lowest BCUT2D eigenvalue weighted by Crippen LogP contribution is -2.45. The van der Waals surface area contributed by atoms with Crippen LogP contribution in [0.15, 0.2) is 22.6 Å². The van der Waals surface area contributed by atoms with Crippen molar-refractivity contribution in [1.82, 2.24) is 4.90 Å². The van der Waals surface area contributed by atoms with Gasteiger partial charge in [0.15, 0.2) is 17.4 Å². The number of amides is 1. The molecule has 7 heteroatoms. The molecule has 0 spiro atoms. The number of carbonyl (C=O) groups excluding carboxylic acids is 1. The van der Waals surface area contributed by atoms with Gasteiger partial charge in [-0.25, -0.2) is 9.59 Å². The number of hydrogen-bond acceptors (Lipinski definition) is 5. The smallest absolute Gasteiger partial charge is 0.411 e. The molecule has 1 aromatic heterocycles. The van der Waals surface area contributed by atoms with Gasteiger partial charge in [0.25, 0.3) is 0 Å². The Bertz CT molecular complexity index is 832. The Morgan fingerprint density at radius 3 is 2.64 bits per heavy atom. The van der Waals surface area contributed by atoms with Gasteiger partial charge in [-0.3, -0.25) is 4.90 Å². The number of aliphatic carboxylic acids is 1. The van der Waals surface area contributed by atoms with Gasteiger partial charge in [-0.2, -0.15) is 0 Å². The van der Waals surface area contributed by atoms with Crippen molar-refractivity contribution in [3.8, 4) is 5.75 Å². The molecule has 0 radical (unpaired) electrons. The van der Waals surface area contributed by atoms with E-state index in [-0.39, 0.29) is 12.3 Å². The molecular weight excluding hydrogens is 326 g/mol. The van der Waals surface area contributed by atoms with Crippen molar-refractivity contribution in [2.45, 2.75) is 38.8 Å². The first-order valence-corrected chi connectivity index (χ1v) is 8.03. The van der Waals surface area contributed by atoms with Gasteiger partial charge in [0.05, 0.1) is 7.11 Å². The van der Waals surface area contributed by atoms with Gasteiger partial charge in [0.1, 0.15) is 11.4 Å². The average molecular weight is 347 g/mol. The molecule has 0 bridgehead atoms. The standard InChI is InChI=1S/C18H21NO6/c1-18(2,3)25-17(22)19-9-8-11-10-6-5-7-12(23-4)14(10)24-15(11)13(19)16(20)21/h5-7,13H,8-9H2,1-4H3,(H,20,21). The zero-order valence-corrected chi connectivity index (χ0v) is 14.7. The van der Waals surface area contributed by atoms with E-state index in [0.717, 1.165) is 10.9 Å². The number of methoxy groups -OCH3 is 1. The van der Waals surface area contributed by atoms with E-state index in [2.05, 4.69) is 0 Å². The number of carboxylic acid groups (broad SMARTS) is 1. The maximum Gasteiger partial charge on any atom is 0.411 e. The van der Waals surface area contributed by atoms with Crippen LogP contribution >= 0.6 is 0 Å². The highest BCUT2D eigenvalue weighted by atomic mass is 16.6. The normalized spacial score (nSPS) is 17.3. The number of carboxylic acids is 1. The van der Waals surface area contributed by atoms with E-state index in [4.69, 9.17) is 13.9 Å². The predicted octanol–water partition coefficient (Wildman–Crippen LogP) is 3.36. The molecule has 1 aliphatic rings. The van der Waals surface area contributed by atoms with E-state index in [1.807, 2.05) is 12.1 Å². The number of rotatable bonds is 2. The Balaban J connectivity index is 2.08. The molecule has 0 aliphatic carbocycles. The van der Waals surface area contributed by atoms with Crippen molar-refractivity contribution >= 4 is 23.0 Å². The van der Waals surface area contributed by atoms with Crippen LogP contribution < -0.4 is 4.74 Å². The molecular formula is C18H21NO6. The molecule has 0 fully saturated rings. The molecule has 1 N–H and O–H groups in total. The Kier molecular flexibility index (Phi) is 4.10. The van der Waals surface area contributed by atoms with E-state index in [1.54, 1.807) is 26.8 Å². The number of hydrogen-bond donors (Lipinski definition) is 1. The van der Waals surface area contributed by atoms with Crippen LogP contribution in [0.5, 0.6) is 5.75 Å². The quantitative estimate of drug-likeness (QED) is 0.896. The predicted molar refractivity (Wildman–Crippen MR) is 89.8 cm³/mol. The molecule has 1 aromatic carbocycles. The van der Waals surface area contributed by atoms with Crippen LogP contribution in [0.25, 0.3) is 11.0 Å². The number of para-hydroxylation sites is 1. The van der Waals surface area contributed by atoms with E-state index in [1.165, 1.54) is 12.0 Å². The minimum absolute atomic E-state index is 0.241. The summed E-state index contributed by atoms with van der Waals surface area (Å²) >= 11 is 0. The first kappa shape index (κ1) is 17.1. The van der Waals surface area contributed by atoms with Gasteiger partial charge >= 0.3 is 12.1 Å². The van der Waals surface area contributed by atoms with Crippen LogP contribution in [0.3, 0.4) is 0 Å². The number of furan rings is 1. The molecule has 1 atom stereocenters. The third-order valence-electron chi connectivity index (χ3n) is 4.06. The number of carbonyl (C=O) groups is 2. The fourth-order valence-corrected chi connectivity index (χ4v) is 3.07. The maximum atomic E-state index is 12.5. The summed E-state index contributed by atoms with van der Waals surface area (Å²) in [4.78, 5) is 25.5. The summed E-state index contributed by atoms with van der Waals surface area (Å²) in [7, 11) is 1.53. The van der Waals surface area contributed by atoms with Crippen LogP contribution in [0.2, 0.25) is 0 Å². The zero-order valence-electron chi connectivity index (χ0n) is 14.7. The van der Waals surface area contributed by atoms with Crippen molar-refractivity contribution in [2.75, 3.05) is 13.7 Å². The van der Waals surface area contributed by atoms with Crippen LogP contribution in [-0.4, -0.2) is 41.3 Å². The molecule has 0 saturated carbocycles. The second-order valence-corrected chi connectivity index (χ2v) is 6.95. The first-order valence-electron chi connectivity index (χ1n) is 8.03. The zero-order chi connectivity index (χ0) is 18.4. The van der Waals surface area contributed by atoms with Gasteiger partial charge < -0.3 is 19.0 Å². The summed E-state index contributed by atoms with van der Waals surface area (Å²) in [6.45, 7) is 5.46. The van der Waals surface area contributed by atoms with Crippen molar-refractivity contribution < 1.29 is 28.6 Å². The third kappa shape index (κ3) is 3.01. The van der Waals surface area contributed by atoms with E-state index >= 15 is 0 Å². The third-order valence-corrected chi connectivity index (χ3v) is 4.06. The monoisotopic (exact) mass is 347 g/mol. The lowest BCUT2D eigenvalue weighted by Gasteiger charge is -2.33. The van der Waals surface area contributed by atoms with Gasteiger partial charge in [-0.05, 0) is 33.3 Å². The van der Waals surface area contributed by atoms with Crippen molar-refractivity contribution in [3.05, 3.63) is 29.5 Å². The summed E-state index contributed by atoms with van der Waals surface area (Å²) in [5, 5.41) is 10.5. The number of ether oxygens (including phenoxy) is 2. The molecule has 1 unspecified atom stereocenters. The van der Waals surface area contributed by atoms with E-state index in [9.17, 15) is 14.7 Å². The summed E-state index contributed by atoms with van der Waals surface area (Å²) < 4.78 is 16.5. The molecule has 2 aromatic rings. The largest absolute Gasteiger partial charge is 0.493 e. The fourth-order valence-electron chi connectivity index (χ4n) is 3.07. The Hall–Kier alpha value is -2.70. The number of nitrogens with zero attached hydrogens (tertiary/aromatic N) is 1. The molecule has 7 nitrogen and oxygen atoms in total. The van der Waals surface area contributed by atoms with Gasteiger partial charge in [0.2, 0.25) is 0 Å². The Labute approximate surface area is 145 Å². The first-order chi connectivity index (χ1) is 11.7. The summed E-state index contributed by atoms with van der Waals surface area (Å²) in [5.41, 5.74) is 0.575. The molecule has 134 valence electrons. The summed E-state index contributed by atoms with van der Waals surface area (Å²) in [5.74, 6) is -0.381. The molecule has 0 saturated heterocycles. The minimum atomic E-state index is -1.23. The molecule has 1 amide bonds. The van der Waals surface area contributed by atoms with Crippen molar-refractivity contribution in [2.24, 2.45) is 0 Å². The SMILES string of the molecule is COc1cccc2c3c(oc12)C(C(=O)O)N(C(=O)OC(C)(C)C)CC3. The highest BCUT2D eigenvalue weighted by molar-refractivity contribution is 5.91. The second-order valence-electron chi connectivity index (χ2n) is 6.95. The maximum absolute atomic E-state index is 12.5. The van der Waals surface area contributed by atoms with Gasteiger partial charge in [0, 0.05) is 17.5 Å². The number of benzene rings is 1. The number of fused-ring (bicyclic) bond motifs is 3. The lowest BCUT2D eigenvalue weighted by atomic mass is 9.98. The van der Waals surface area contributed by atoms with Crippen LogP contribution in [0.1, 0.15) is 38.1 Å². The molecule has 2 heterocycles. The topological polar surface area (TPSA) is 89.2 Å². The summed E-state index contributed by atoms with van der Waals surface area (Å²) in [6, 6.07) is 4.21. The molecule has 25 heavy (non-hydrogen) atoms. The Morgan fingerprint density at radius 1 is 1.32 bits per heavy atom. The van der Waals surface area contributed by atoms with Crippen molar-refractivity contribution in [1.29, 1.82) is 0 Å². The molecule has 1 aliphatic heterocycles. The highest BCUT2D eigenvalue weighted by Crippen LogP contribution is 2.40. The molecule has 3 rings (SSSR count). The fraction of sp³-hybridized carbons (Fsp3) is 0.444. The van der Waals surface area contributed by atoms with Crippen molar-refractivity contribution in [3.63, 3.8) is 0 Å². The van der Waals surface area contributed by atoms with Crippen LogP contribution in [0.4, 0.5) is 4.79 Å². The average Bonchev–Trinajstić information content (AvgIpc) is 2.90. The van der Waals surface area contributed by atoms with E-state index < -0.39 is 23.7 Å². The van der Waals surface area contributed by atoms with Gasteiger partial charge in [-0.15, -0.1) is 0 Å². The van der Waals surface area contributed by atoms with E-state index in [0.29, 0.717) is 17.8 Å². The second kappa shape index (κ2) is 5.98. The van der Waals surface area contributed by atoms with Crippen LogP contribution in [-0.2, 0) is 16.0 Å². The summed E-state index contributed by atoms with van der Waals surface area (Å²) in [6.07, 6.45) is -0.184. The Morgan fingerprint density at radius 2 is 2.04 bits per heavy atom.